The zero-order valence-electron chi connectivity index (χ0n) is 11.7. The lowest BCUT2D eigenvalue weighted by atomic mass is 9.75. The summed E-state index contributed by atoms with van der Waals surface area (Å²) in [6.07, 6.45) is 0.939. The largest absolute Gasteiger partial charge is 0.481 e. The summed E-state index contributed by atoms with van der Waals surface area (Å²) in [5, 5.41) is 9.10. The van der Waals surface area contributed by atoms with Crippen LogP contribution in [0.4, 0.5) is 0 Å². The van der Waals surface area contributed by atoms with Crippen LogP contribution in [-0.4, -0.2) is 51.2 Å². The van der Waals surface area contributed by atoms with E-state index >= 15 is 0 Å². The maximum atomic E-state index is 11.8. The molecule has 0 aliphatic heterocycles. The summed E-state index contributed by atoms with van der Waals surface area (Å²) in [6, 6.07) is 0. The predicted molar refractivity (Wildman–Crippen MR) is 72.1 cm³/mol. The Morgan fingerprint density at radius 3 is 1.79 bits per heavy atom. The van der Waals surface area contributed by atoms with Gasteiger partial charge in [0.1, 0.15) is 9.84 Å². The molecule has 0 saturated carbocycles. The molecule has 0 bridgehead atoms. The van der Waals surface area contributed by atoms with Crippen molar-refractivity contribution in [1.82, 2.24) is 4.72 Å². The highest BCUT2D eigenvalue weighted by molar-refractivity contribution is 7.93. The van der Waals surface area contributed by atoms with Crippen molar-refractivity contribution in [1.29, 1.82) is 0 Å². The molecule has 9 heteroatoms. The van der Waals surface area contributed by atoms with E-state index in [1.807, 2.05) is 0 Å². The summed E-state index contributed by atoms with van der Waals surface area (Å²) in [6.45, 7) is 5.68. The monoisotopic (exact) mass is 315 g/mol. The SMILES string of the molecule is CC(C)(NS(=O)(=O)CCS(C)(=O)=O)C(C)(C)C(=O)O. The molecular weight excluding hydrogens is 294 g/mol. The average molecular weight is 315 g/mol. The van der Waals surface area contributed by atoms with E-state index in [0.717, 1.165) is 6.26 Å². The first kappa shape index (κ1) is 18.3. The van der Waals surface area contributed by atoms with Crippen molar-refractivity contribution >= 4 is 25.8 Å². The highest BCUT2D eigenvalue weighted by Crippen LogP contribution is 2.31. The number of rotatable bonds is 7. The van der Waals surface area contributed by atoms with Crippen molar-refractivity contribution in [3.63, 3.8) is 0 Å². The van der Waals surface area contributed by atoms with Gasteiger partial charge in [0.2, 0.25) is 10.0 Å². The summed E-state index contributed by atoms with van der Waals surface area (Å²) in [7, 11) is -7.28. The molecule has 0 heterocycles. The fraction of sp³-hybridized carbons (Fsp3) is 0.900. The Morgan fingerprint density at radius 1 is 1.05 bits per heavy atom. The van der Waals surface area contributed by atoms with Gasteiger partial charge in [-0.25, -0.2) is 21.6 Å². The van der Waals surface area contributed by atoms with Crippen molar-refractivity contribution in [3.05, 3.63) is 0 Å². The third kappa shape index (κ3) is 5.45. The molecular formula is C10H21NO6S2. The van der Waals surface area contributed by atoms with E-state index in [4.69, 9.17) is 5.11 Å². The van der Waals surface area contributed by atoms with Gasteiger partial charge in [0.05, 0.1) is 16.9 Å². The van der Waals surface area contributed by atoms with Gasteiger partial charge in [-0.1, -0.05) is 0 Å². The number of carbonyl (C=O) groups is 1. The zero-order chi connectivity index (χ0) is 15.7. The van der Waals surface area contributed by atoms with Crippen LogP contribution in [0.3, 0.4) is 0 Å². The van der Waals surface area contributed by atoms with Crippen molar-refractivity contribution < 1.29 is 26.7 Å². The van der Waals surface area contributed by atoms with Crippen LogP contribution in [0.5, 0.6) is 0 Å². The molecule has 0 aliphatic carbocycles. The van der Waals surface area contributed by atoms with Gasteiger partial charge in [0.25, 0.3) is 0 Å². The highest BCUT2D eigenvalue weighted by atomic mass is 32.2. The Bertz CT molecular complexity index is 545. The number of nitrogens with one attached hydrogen (secondary N) is 1. The Kier molecular flexibility index (Phi) is 5.18. The smallest absolute Gasteiger partial charge is 0.310 e. The van der Waals surface area contributed by atoms with Gasteiger partial charge >= 0.3 is 5.97 Å². The highest BCUT2D eigenvalue weighted by Gasteiger charge is 2.45. The molecule has 0 aromatic heterocycles. The maximum Gasteiger partial charge on any atom is 0.310 e. The van der Waals surface area contributed by atoms with Crippen LogP contribution < -0.4 is 4.72 Å². The summed E-state index contributed by atoms with van der Waals surface area (Å²) in [4.78, 5) is 11.1. The number of carboxylic acids is 1. The fourth-order valence-electron chi connectivity index (χ4n) is 1.10. The molecule has 0 radical (unpaired) electrons. The quantitative estimate of drug-likeness (QED) is 0.674. The Balaban J connectivity index is 5.08. The fourth-order valence-corrected chi connectivity index (χ4v) is 4.32. The van der Waals surface area contributed by atoms with E-state index in [2.05, 4.69) is 4.72 Å². The van der Waals surface area contributed by atoms with Crippen LogP contribution >= 0.6 is 0 Å². The minimum absolute atomic E-state index is 0.508. The van der Waals surface area contributed by atoms with Gasteiger partial charge in [0.15, 0.2) is 0 Å². The molecule has 0 spiro atoms. The number of aliphatic carboxylic acids is 1. The summed E-state index contributed by atoms with van der Waals surface area (Å²) >= 11 is 0. The van der Waals surface area contributed by atoms with E-state index < -0.39 is 48.3 Å². The molecule has 0 unspecified atom stereocenters. The first-order chi connectivity index (χ1) is 8.11. The third-order valence-corrected chi connectivity index (χ3v) is 6.00. The first-order valence-electron chi connectivity index (χ1n) is 5.53. The summed E-state index contributed by atoms with van der Waals surface area (Å²) in [5.41, 5.74) is -2.60. The van der Waals surface area contributed by atoms with Crippen LogP contribution in [0.2, 0.25) is 0 Å². The zero-order valence-corrected chi connectivity index (χ0v) is 13.4. The molecule has 0 rings (SSSR count). The molecule has 7 nitrogen and oxygen atoms in total. The van der Waals surface area contributed by atoms with Crippen LogP contribution in [0.1, 0.15) is 27.7 Å². The second kappa shape index (κ2) is 5.37. The molecule has 0 atom stereocenters. The molecule has 0 aromatic carbocycles. The lowest BCUT2D eigenvalue weighted by Crippen LogP contribution is -2.57. The predicted octanol–water partition coefficient (Wildman–Crippen LogP) is -0.160. The van der Waals surface area contributed by atoms with Crippen LogP contribution in [0, 0.1) is 5.41 Å². The van der Waals surface area contributed by atoms with Crippen LogP contribution in [0.15, 0.2) is 0 Å². The van der Waals surface area contributed by atoms with Gasteiger partial charge < -0.3 is 5.11 Å². The second-order valence-corrected chi connectivity index (χ2v) is 9.71. The molecule has 0 aliphatic rings. The van der Waals surface area contributed by atoms with Gasteiger partial charge in [-0.2, -0.15) is 0 Å². The Labute approximate surface area is 114 Å². The van der Waals surface area contributed by atoms with E-state index in [9.17, 15) is 21.6 Å². The number of sulfonamides is 1. The number of hydrogen-bond donors (Lipinski definition) is 2. The van der Waals surface area contributed by atoms with Crippen molar-refractivity contribution in [2.75, 3.05) is 17.8 Å². The van der Waals surface area contributed by atoms with Gasteiger partial charge in [-0.05, 0) is 27.7 Å². The summed E-state index contributed by atoms with van der Waals surface area (Å²) < 4.78 is 47.8. The number of hydrogen-bond acceptors (Lipinski definition) is 5. The van der Waals surface area contributed by atoms with Gasteiger partial charge in [-0.15, -0.1) is 0 Å². The normalized spacial score (nSPS) is 14.4. The van der Waals surface area contributed by atoms with E-state index in [0.29, 0.717) is 0 Å². The minimum atomic E-state index is -3.88. The average Bonchev–Trinajstić information content (AvgIpc) is 2.11. The van der Waals surface area contributed by atoms with Gasteiger partial charge in [0, 0.05) is 11.8 Å². The van der Waals surface area contributed by atoms with Crippen molar-refractivity contribution in [3.8, 4) is 0 Å². The minimum Gasteiger partial charge on any atom is -0.481 e. The third-order valence-electron chi connectivity index (χ3n) is 3.23. The van der Waals surface area contributed by atoms with Crippen LogP contribution in [0.25, 0.3) is 0 Å². The molecule has 2 N–H and O–H groups in total. The van der Waals surface area contributed by atoms with E-state index in [-0.39, 0.29) is 0 Å². The standard InChI is InChI=1S/C10H21NO6S2/c1-9(2,8(12)13)10(3,4)11-19(16,17)7-6-18(5,14)15/h11H,6-7H2,1-5H3,(H,12,13). The molecule has 0 fully saturated rings. The first-order valence-corrected chi connectivity index (χ1v) is 9.25. The van der Waals surface area contributed by atoms with Gasteiger partial charge in [-0.3, -0.25) is 4.79 Å². The second-order valence-electron chi connectivity index (χ2n) is 5.61. The number of carboxylic acid groups (broad SMARTS) is 1. The molecule has 0 saturated heterocycles. The van der Waals surface area contributed by atoms with E-state index in [1.54, 1.807) is 0 Å². The van der Waals surface area contributed by atoms with Crippen LogP contribution in [-0.2, 0) is 24.7 Å². The molecule has 19 heavy (non-hydrogen) atoms. The van der Waals surface area contributed by atoms with Crippen molar-refractivity contribution in [2.24, 2.45) is 5.41 Å². The van der Waals surface area contributed by atoms with Crippen molar-refractivity contribution in [2.45, 2.75) is 33.2 Å². The molecule has 0 aromatic rings. The Hall–Kier alpha value is -0.670. The lowest BCUT2D eigenvalue weighted by molar-refractivity contribution is -0.150. The number of sulfone groups is 1. The van der Waals surface area contributed by atoms with E-state index in [1.165, 1.54) is 27.7 Å². The molecule has 114 valence electrons. The molecule has 0 amide bonds. The maximum absolute atomic E-state index is 11.8. The topological polar surface area (TPSA) is 118 Å². The summed E-state index contributed by atoms with van der Waals surface area (Å²) in [5.74, 6) is -2.25. The lowest BCUT2D eigenvalue weighted by Gasteiger charge is -2.38. The Morgan fingerprint density at radius 2 is 1.47 bits per heavy atom.